The van der Waals surface area contributed by atoms with E-state index in [1.54, 1.807) is 6.08 Å². The van der Waals surface area contributed by atoms with Gasteiger partial charge in [-0.3, -0.25) is 4.79 Å². The Morgan fingerprint density at radius 2 is 1.89 bits per heavy atom. The molecule has 96 valence electrons. The molecule has 2 aromatic rings. The summed E-state index contributed by atoms with van der Waals surface area (Å²) in [6, 6.07) is 15.4. The third-order valence-corrected chi connectivity index (χ3v) is 4.74. The van der Waals surface area contributed by atoms with Crippen LogP contribution >= 0.6 is 38.5 Å². The third kappa shape index (κ3) is 4.47. The minimum Gasteiger partial charge on any atom is -0.322 e. The van der Waals surface area contributed by atoms with Crippen molar-refractivity contribution >= 4 is 56.2 Å². The van der Waals surface area contributed by atoms with Crippen LogP contribution in [0, 0.1) is 3.57 Å². The van der Waals surface area contributed by atoms with Gasteiger partial charge in [-0.25, -0.2) is 0 Å². The lowest BCUT2D eigenvalue weighted by Gasteiger charge is -2.03. The van der Waals surface area contributed by atoms with Gasteiger partial charge in [-0.15, -0.1) is 0 Å². The molecular weight excluding hydrogens is 417 g/mol. The van der Waals surface area contributed by atoms with Crippen molar-refractivity contribution in [2.45, 2.75) is 0 Å². The lowest BCUT2D eigenvalue weighted by atomic mass is 10.2. The summed E-state index contributed by atoms with van der Waals surface area (Å²) >= 11 is 5.63. The second kappa shape index (κ2) is 6.86. The van der Waals surface area contributed by atoms with Gasteiger partial charge in [-0.1, -0.05) is 30.3 Å². The van der Waals surface area contributed by atoms with Crippen LogP contribution in [0.5, 0.6) is 0 Å². The number of anilines is 1. The Hall–Kier alpha value is -1.14. The molecule has 0 aliphatic carbocycles. The van der Waals surface area contributed by atoms with Crippen molar-refractivity contribution in [3.8, 4) is 0 Å². The predicted molar refractivity (Wildman–Crippen MR) is 91.0 cm³/mol. The molecule has 1 N–H and O–H groups in total. The van der Waals surface area contributed by atoms with Gasteiger partial charge >= 0.3 is 0 Å². The number of carbonyl (C=O) groups is 1. The fourth-order valence-electron chi connectivity index (χ4n) is 1.49. The van der Waals surface area contributed by atoms with Crippen molar-refractivity contribution < 1.29 is 4.79 Å². The minimum absolute atomic E-state index is 0.137. The molecule has 2 aromatic carbocycles. The zero-order valence-corrected chi connectivity index (χ0v) is 13.7. The second-order valence-corrected chi connectivity index (χ2v) is 5.88. The van der Waals surface area contributed by atoms with E-state index >= 15 is 0 Å². The van der Waals surface area contributed by atoms with Gasteiger partial charge in [0.25, 0.3) is 0 Å². The molecule has 2 rings (SSSR count). The number of amides is 1. The molecule has 0 aliphatic rings. The van der Waals surface area contributed by atoms with Gasteiger partial charge in [0, 0.05) is 19.8 Å². The molecule has 0 fully saturated rings. The summed E-state index contributed by atoms with van der Waals surface area (Å²) < 4.78 is 2.08. The summed E-state index contributed by atoms with van der Waals surface area (Å²) in [5.41, 5.74) is 1.79. The molecule has 0 saturated carbocycles. The predicted octanol–water partition coefficient (Wildman–Crippen LogP) is 4.71. The van der Waals surface area contributed by atoms with Crippen LogP contribution in [0.3, 0.4) is 0 Å². The lowest BCUT2D eigenvalue weighted by molar-refractivity contribution is -0.111. The second-order valence-electron chi connectivity index (χ2n) is 3.86. The summed E-state index contributed by atoms with van der Waals surface area (Å²) in [6.45, 7) is 0. The van der Waals surface area contributed by atoms with E-state index in [-0.39, 0.29) is 5.91 Å². The highest BCUT2D eigenvalue weighted by Crippen LogP contribution is 2.22. The van der Waals surface area contributed by atoms with Crippen molar-refractivity contribution in [2.24, 2.45) is 0 Å². The van der Waals surface area contributed by atoms with Gasteiger partial charge in [-0.05, 0) is 68.4 Å². The normalized spacial score (nSPS) is 10.6. The number of hydrogen-bond acceptors (Lipinski definition) is 1. The van der Waals surface area contributed by atoms with Crippen LogP contribution in [0.15, 0.2) is 59.1 Å². The molecule has 0 atom stereocenters. The molecule has 0 aromatic heterocycles. The largest absolute Gasteiger partial charge is 0.322 e. The summed E-state index contributed by atoms with van der Waals surface area (Å²) in [5, 5.41) is 2.83. The molecule has 0 bridgehead atoms. The average molecular weight is 428 g/mol. The van der Waals surface area contributed by atoms with E-state index in [1.807, 2.05) is 48.5 Å². The summed E-state index contributed by atoms with van der Waals surface area (Å²) in [7, 11) is 0. The van der Waals surface area contributed by atoms with Crippen LogP contribution in [0.1, 0.15) is 5.56 Å². The molecule has 19 heavy (non-hydrogen) atoms. The molecule has 0 spiro atoms. The Morgan fingerprint density at radius 1 is 1.16 bits per heavy atom. The molecule has 2 nitrogen and oxygen atoms in total. The van der Waals surface area contributed by atoms with Crippen LogP contribution in [-0.4, -0.2) is 5.91 Å². The van der Waals surface area contributed by atoms with Gasteiger partial charge in [0.15, 0.2) is 0 Å². The SMILES string of the molecule is O=C(/C=C/c1ccccc1)Nc1ccc(Br)c(I)c1. The molecular formula is C15H11BrINO. The van der Waals surface area contributed by atoms with Crippen molar-refractivity contribution in [1.82, 2.24) is 0 Å². The Morgan fingerprint density at radius 3 is 2.58 bits per heavy atom. The topological polar surface area (TPSA) is 29.1 Å². The molecule has 0 unspecified atom stereocenters. The average Bonchev–Trinajstić information content (AvgIpc) is 2.42. The monoisotopic (exact) mass is 427 g/mol. The van der Waals surface area contributed by atoms with Crippen LogP contribution in [0.2, 0.25) is 0 Å². The molecule has 0 radical (unpaired) electrons. The van der Waals surface area contributed by atoms with E-state index in [4.69, 9.17) is 0 Å². The number of benzene rings is 2. The van der Waals surface area contributed by atoms with Crippen molar-refractivity contribution in [3.05, 3.63) is 68.2 Å². The molecule has 0 saturated heterocycles. The Bertz CT molecular complexity index is 611. The molecule has 0 heterocycles. The third-order valence-electron chi connectivity index (χ3n) is 2.41. The highest BCUT2D eigenvalue weighted by molar-refractivity contribution is 14.1. The maximum atomic E-state index is 11.8. The van der Waals surface area contributed by atoms with Crippen LogP contribution < -0.4 is 5.32 Å². The fraction of sp³-hybridized carbons (Fsp3) is 0. The van der Waals surface area contributed by atoms with Crippen molar-refractivity contribution in [3.63, 3.8) is 0 Å². The fourth-order valence-corrected chi connectivity index (χ4v) is 2.26. The zero-order valence-electron chi connectivity index (χ0n) is 9.94. The highest BCUT2D eigenvalue weighted by atomic mass is 127. The number of rotatable bonds is 3. The first kappa shape index (κ1) is 14.3. The maximum absolute atomic E-state index is 11.8. The molecule has 1 amide bonds. The first-order valence-electron chi connectivity index (χ1n) is 5.64. The van der Waals surface area contributed by atoms with Crippen LogP contribution in [0.25, 0.3) is 6.08 Å². The number of halogens is 2. The van der Waals surface area contributed by atoms with E-state index in [0.717, 1.165) is 19.3 Å². The summed E-state index contributed by atoms with van der Waals surface area (Å²) in [5.74, 6) is -0.137. The first-order chi connectivity index (χ1) is 9.15. The number of nitrogens with one attached hydrogen (secondary N) is 1. The smallest absolute Gasteiger partial charge is 0.248 e. The van der Waals surface area contributed by atoms with E-state index in [0.29, 0.717) is 0 Å². The standard InChI is InChI=1S/C15H11BrINO/c16-13-8-7-12(10-14(13)17)18-15(19)9-6-11-4-2-1-3-5-11/h1-10H,(H,18,19)/b9-6+. The van der Waals surface area contributed by atoms with Gasteiger partial charge in [0.05, 0.1) is 0 Å². The Kier molecular flexibility index (Phi) is 5.15. The Balaban J connectivity index is 2.01. The van der Waals surface area contributed by atoms with Gasteiger partial charge in [-0.2, -0.15) is 0 Å². The maximum Gasteiger partial charge on any atom is 0.248 e. The van der Waals surface area contributed by atoms with Crippen molar-refractivity contribution in [2.75, 3.05) is 5.32 Å². The van der Waals surface area contributed by atoms with Gasteiger partial charge in [0.1, 0.15) is 0 Å². The van der Waals surface area contributed by atoms with E-state index in [2.05, 4.69) is 43.8 Å². The minimum atomic E-state index is -0.137. The van der Waals surface area contributed by atoms with Gasteiger partial charge < -0.3 is 5.32 Å². The van der Waals surface area contributed by atoms with Gasteiger partial charge in [0.2, 0.25) is 5.91 Å². The number of hydrogen-bond donors (Lipinski definition) is 1. The van der Waals surface area contributed by atoms with E-state index < -0.39 is 0 Å². The first-order valence-corrected chi connectivity index (χ1v) is 7.51. The van der Waals surface area contributed by atoms with Crippen molar-refractivity contribution in [1.29, 1.82) is 0 Å². The van der Waals surface area contributed by atoms with E-state index in [1.165, 1.54) is 6.08 Å². The molecule has 4 heteroatoms. The van der Waals surface area contributed by atoms with E-state index in [9.17, 15) is 4.79 Å². The Labute approximate surface area is 134 Å². The summed E-state index contributed by atoms with van der Waals surface area (Å²) in [6.07, 6.45) is 3.32. The van der Waals surface area contributed by atoms with Crippen LogP contribution in [0.4, 0.5) is 5.69 Å². The molecule has 0 aliphatic heterocycles. The lowest BCUT2D eigenvalue weighted by Crippen LogP contribution is -2.07. The highest BCUT2D eigenvalue weighted by Gasteiger charge is 2.01. The quantitative estimate of drug-likeness (QED) is 0.558. The summed E-state index contributed by atoms with van der Waals surface area (Å²) in [4.78, 5) is 11.8. The van der Waals surface area contributed by atoms with Crippen LogP contribution in [-0.2, 0) is 4.79 Å². The number of carbonyl (C=O) groups excluding carboxylic acids is 1. The zero-order chi connectivity index (χ0) is 13.7.